The molecule has 0 unspecified atom stereocenters. The monoisotopic (exact) mass is 264 g/mol. The molecule has 0 aliphatic rings. The van der Waals surface area contributed by atoms with Crippen molar-refractivity contribution in [2.45, 2.75) is 6.92 Å². The average Bonchev–Trinajstić information content (AvgIpc) is 2.84. The molecular weight excluding hydrogens is 252 g/mol. The number of nitrogen functional groups attached to an aromatic ring is 2. The second-order valence-electron chi connectivity index (χ2n) is 4.52. The fourth-order valence-electron chi connectivity index (χ4n) is 2.08. The Labute approximate surface area is 115 Å². The molecule has 6 nitrogen and oxygen atoms in total. The highest BCUT2D eigenvalue weighted by Crippen LogP contribution is 2.27. The van der Waals surface area contributed by atoms with E-state index in [-0.39, 0.29) is 17.1 Å². The standard InChI is InChI=1S/C14H12N6/c1-8-2-4-9(5-3-8)20-7-18-12-11(16)10(6-15)13(17)19-14(12)20/h2-5,7H,1H3,(H4,16,17,19). The van der Waals surface area contributed by atoms with Crippen molar-refractivity contribution >= 4 is 22.7 Å². The summed E-state index contributed by atoms with van der Waals surface area (Å²) in [4.78, 5) is 8.48. The number of nitriles is 1. The Balaban J connectivity index is 2.30. The van der Waals surface area contributed by atoms with Crippen LogP contribution in [0.2, 0.25) is 0 Å². The molecule has 0 aliphatic carbocycles. The van der Waals surface area contributed by atoms with E-state index in [1.165, 1.54) is 0 Å². The summed E-state index contributed by atoms with van der Waals surface area (Å²) >= 11 is 0. The fourth-order valence-corrected chi connectivity index (χ4v) is 2.08. The Morgan fingerprint density at radius 3 is 2.55 bits per heavy atom. The largest absolute Gasteiger partial charge is 0.396 e. The van der Waals surface area contributed by atoms with Crippen molar-refractivity contribution in [2.24, 2.45) is 0 Å². The number of fused-ring (bicyclic) bond motifs is 1. The number of benzene rings is 1. The Bertz CT molecular complexity index is 839. The number of rotatable bonds is 1. The van der Waals surface area contributed by atoms with Crippen LogP contribution in [0.5, 0.6) is 0 Å². The van der Waals surface area contributed by atoms with E-state index in [1.54, 1.807) is 10.9 Å². The van der Waals surface area contributed by atoms with E-state index in [9.17, 15) is 0 Å². The highest BCUT2D eigenvalue weighted by atomic mass is 15.1. The maximum absolute atomic E-state index is 9.03. The summed E-state index contributed by atoms with van der Waals surface area (Å²) < 4.78 is 1.79. The predicted molar refractivity (Wildman–Crippen MR) is 77.1 cm³/mol. The summed E-state index contributed by atoms with van der Waals surface area (Å²) in [6.07, 6.45) is 1.62. The summed E-state index contributed by atoms with van der Waals surface area (Å²) in [5.41, 5.74) is 15.2. The lowest BCUT2D eigenvalue weighted by molar-refractivity contribution is 1.07. The van der Waals surface area contributed by atoms with Gasteiger partial charge in [-0.15, -0.1) is 0 Å². The topological polar surface area (TPSA) is 107 Å². The molecule has 6 heteroatoms. The normalized spacial score (nSPS) is 10.6. The van der Waals surface area contributed by atoms with Gasteiger partial charge >= 0.3 is 0 Å². The molecular formula is C14H12N6. The van der Waals surface area contributed by atoms with Crippen molar-refractivity contribution in [3.8, 4) is 11.8 Å². The maximum atomic E-state index is 9.03. The van der Waals surface area contributed by atoms with Crippen LogP contribution in [0.4, 0.5) is 11.5 Å². The summed E-state index contributed by atoms with van der Waals surface area (Å²) in [6, 6.07) is 9.87. The zero-order valence-corrected chi connectivity index (χ0v) is 10.8. The molecule has 3 aromatic rings. The van der Waals surface area contributed by atoms with Gasteiger partial charge in [-0.3, -0.25) is 4.57 Å². The molecule has 4 N–H and O–H groups in total. The van der Waals surface area contributed by atoms with Crippen LogP contribution >= 0.6 is 0 Å². The first-order valence-electron chi connectivity index (χ1n) is 6.01. The lowest BCUT2D eigenvalue weighted by Gasteiger charge is -2.06. The van der Waals surface area contributed by atoms with E-state index in [0.29, 0.717) is 11.2 Å². The van der Waals surface area contributed by atoms with Crippen LogP contribution in [-0.4, -0.2) is 14.5 Å². The van der Waals surface area contributed by atoms with Gasteiger partial charge in [0.2, 0.25) is 0 Å². The van der Waals surface area contributed by atoms with Crippen LogP contribution in [-0.2, 0) is 0 Å². The van der Waals surface area contributed by atoms with Crippen LogP contribution < -0.4 is 11.5 Å². The van der Waals surface area contributed by atoms with Crippen LogP contribution in [0, 0.1) is 18.3 Å². The molecule has 0 aliphatic heterocycles. The average molecular weight is 264 g/mol. The number of nitrogens with two attached hydrogens (primary N) is 2. The summed E-state index contributed by atoms with van der Waals surface area (Å²) in [6.45, 7) is 2.02. The van der Waals surface area contributed by atoms with Gasteiger partial charge < -0.3 is 11.5 Å². The van der Waals surface area contributed by atoms with Crippen molar-refractivity contribution < 1.29 is 0 Å². The second kappa shape index (κ2) is 4.24. The minimum atomic E-state index is 0.117. The highest BCUT2D eigenvalue weighted by Gasteiger charge is 2.15. The molecule has 2 aromatic heterocycles. The molecule has 0 saturated heterocycles. The van der Waals surface area contributed by atoms with Crippen molar-refractivity contribution in [3.63, 3.8) is 0 Å². The van der Waals surface area contributed by atoms with E-state index in [1.807, 2.05) is 37.3 Å². The third-order valence-corrected chi connectivity index (χ3v) is 3.17. The van der Waals surface area contributed by atoms with E-state index in [0.717, 1.165) is 11.3 Å². The van der Waals surface area contributed by atoms with Gasteiger partial charge in [-0.1, -0.05) is 17.7 Å². The van der Waals surface area contributed by atoms with Gasteiger partial charge in [0.15, 0.2) is 5.65 Å². The molecule has 0 saturated carbocycles. The van der Waals surface area contributed by atoms with Gasteiger partial charge in [-0.2, -0.15) is 5.26 Å². The SMILES string of the molecule is Cc1ccc(-n2cnc3c(N)c(C#N)c(N)nc32)cc1. The van der Waals surface area contributed by atoms with E-state index in [2.05, 4.69) is 9.97 Å². The lowest BCUT2D eigenvalue weighted by atomic mass is 10.2. The molecule has 0 spiro atoms. The highest BCUT2D eigenvalue weighted by molar-refractivity contribution is 5.91. The van der Waals surface area contributed by atoms with Gasteiger partial charge in [0, 0.05) is 5.69 Å². The summed E-state index contributed by atoms with van der Waals surface area (Å²) in [5, 5.41) is 9.03. The summed E-state index contributed by atoms with van der Waals surface area (Å²) in [7, 11) is 0. The van der Waals surface area contributed by atoms with Gasteiger partial charge in [0.05, 0.1) is 5.69 Å². The molecule has 0 amide bonds. The van der Waals surface area contributed by atoms with Crippen molar-refractivity contribution in [1.29, 1.82) is 5.26 Å². The second-order valence-corrected chi connectivity index (χ2v) is 4.52. The third kappa shape index (κ3) is 1.65. The fraction of sp³-hybridized carbons (Fsp3) is 0.0714. The van der Waals surface area contributed by atoms with Crippen LogP contribution in [0.1, 0.15) is 11.1 Å². The maximum Gasteiger partial charge on any atom is 0.169 e. The zero-order chi connectivity index (χ0) is 14.3. The predicted octanol–water partition coefficient (Wildman–Crippen LogP) is 1.76. The van der Waals surface area contributed by atoms with Crippen molar-refractivity contribution in [2.75, 3.05) is 11.5 Å². The first-order valence-corrected chi connectivity index (χ1v) is 6.01. The molecule has 0 fully saturated rings. The molecule has 0 bridgehead atoms. The van der Waals surface area contributed by atoms with E-state index in [4.69, 9.17) is 16.7 Å². The number of anilines is 2. The molecule has 98 valence electrons. The Kier molecular flexibility index (Phi) is 2.54. The zero-order valence-electron chi connectivity index (χ0n) is 10.8. The molecule has 0 radical (unpaired) electrons. The van der Waals surface area contributed by atoms with Crippen LogP contribution in [0.25, 0.3) is 16.9 Å². The lowest BCUT2D eigenvalue weighted by Crippen LogP contribution is -2.03. The Hall–Kier alpha value is -3.07. The third-order valence-electron chi connectivity index (χ3n) is 3.17. The number of imidazole rings is 1. The number of pyridine rings is 1. The molecule has 1 aromatic carbocycles. The van der Waals surface area contributed by atoms with Gasteiger partial charge in [-0.05, 0) is 19.1 Å². The van der Waals surface area contributed by atoms with E-state index < -0.39 is 0 Å². The minimum Gasteiger partial charge on any atom is -0.396 e. The quantitative estimate of drug-likeness (QED) is 0.696. The number of hydrogen-bond acceptors (Lipinski definition) is 5. The minimum absolute atomic E-state index is 0.117. The number of aromatic nitrogens is 3. The number of hydrogen-bond donors (Lipinski definition) is 2. The number of nitrogens with zero attached hydrogens (tertiary/aromatic N) is 4. The first kappa shape index (κ1) is 12.0. The van der Waals surface area contributed by atoms with E-state index >= 15 is 0 Å². The molecule has 20 heavy (non-hydrogen) atoms. The molecule has 2 heterocycles. The van der Waals surface area contributed by atoms with Gasteiger partial charge in [0.1, 0.15) is 29.3 Å². The molecule has 0 atom stereocenters. The summed E-state index contributed by atoms with van der Waals surface area (Å²) in [5.74, 6) is 0.117. The van der Waals surface area contributed by atoms with Crippen molar-refractivity contribution in [1.82, 2.24) is 14.5 Å². The van der Waals surface area contributed by atoms with Crippen molar-refractivity contribution in [3.05, 3.63) is 41.7 Å². The smallest absolute Gasteiger partial charge is 0.169 e. The Morgan fingerprint density at radius 1 is 1.20 bits per heavy atom. The number of aryl methyl sites for hydroxylation is 1. The van der Waals surface area contributed by atoms with Gasteiger partial charge in [-0.25, -0.2) is 9.97 Å². The van der Waals surface area contributed by atoms with Crippen LogP contribution in [0.15, 0.2) is 30.6 Å². The van der Waals surface area contributed by atoms with Gasteiger partial charge in [0.25, 0.3) is 0 Å². The van der Waals surface area contributed by atoms with Crippen LogP contribution in [0.3, 0.4) is 0 Å². The molecule has 3 rings (SSSR count). The Morgan fingerprint density at radius 2 is 1.90 bits per heavy atom. The first-order chi connectivity index (χ1) is 9.61.